The van der Waals surface area contributed by atoms with Crippen LogP contribution in [-0.2, 0) is 4.79 Å². The molecule has 0 radical (unpaired) electrons. The number of carbonyl (C=O) groups excluding carboxylic acids is 1. The van der Waals surface area contributed by atoms with E-state index in [-0.39, 0.29) is 12.5 Å². The minimum atomic E-state index is -0.322. The van der Waals surface area contributed by atoms with E-state index in [0.717, 1.165) is 21.2 Å². The van der Waals surface area contributed by atoms with Crippen LogP contribution in [0.4, 0.5) is 0 Å². The van der Waals surface area contributed by atoms with Gasteiger partial charge in [-0.2, -0.15) is 5.10 Å². The summed E-state index contributed by atoms with van der Waals surface area (Å²) in [4.78, 5) is 11.9. The van der Waals surface area contributed by atoms with Crippen molar-refractivity contribution in [2.45, 2.75) is 20.8 Å². The van der Waals surface area contributed by atoms with Gasteiger partial charge < -0.3 is 4.74 Å². The van der Waals surface area contributed by atoms with Gasteiger partial charge in [0.15, 0.2) is 6.61 Å². The Morgan fingerprint density at radius 3 is 2.38 bits per heavy atom. The van der Waals surface area contributed by atoms with Crippen molar-refractivity contribution in [3.63, 3.8) is 0 Å². The fourth-order valence-corrected chi connectivity index (χ4v) is 2.45. The van der Waals surface area contributed by atoms with Gasteiger partial charge in [0.2, 0.25) is 0 Å². The van der Waals surface area contributed by atoms with E-state index >= 15 is 0 Å². The zero-order valence-corrected chi connectivity index (χ0v) is 16.0. The van der Waals surface area contributed by atoms with Crippen LogP contribution in [0.15, 0.2) is 46.0 Å². The first-order valence-corrected chi connectivity index (χ1v) is 8.52. The number of rotatable bonds is 5. The average Bonchev–Trinajstić information content (AvgIpc) is 2.56. The molecule has 0 aliphatic rings. The highest BCUT2D eigenvalue weighted by atomic mass is 79.9. The molecule has 126 valence electrons. The monoisotopic (exact) mass is 408 g/mol. The van der Waals surface area contributed by atoms with Crippen molar-refractivity contribution in [3.8, 4) is 5.75 Å². The molecule has 2 rings (SSSR count). The molecule has 2 aromatic rings. The Hall–Kier alpha value is -1.85. The summed E-state index contributed by atoms with van der Waals surface area (Å²) in [6, 6.07) is 11.3. The number of carbonyl (C=O) groups is 1. The van der Waals surface area contributed by atoms with Crippen molar-refractivity contribution in [3.05, 3.63) is 62.6 Å². The number of amides is 1. The summed E-state index contributed by atoms with van der Waals surface area (Å²) in [5.74, 6) is 0.287. The van der Waals surface area contributed by atoms with Gasteiger partial charge in [0.1, 0.15) is 5.75 Å². The van der Waals surface area contributed by atoms with Gasteiger partial charge in [-0.05, 0) is 61.7 Å². The average molecular weight is 410 g/mol. The second-order valence-electron chi connectivity index (χ2n) is 5.40. The molecular weight excluding hydrogens is 392 g/mol. The van der Waals surface area contributed by atoms with E-state index < -0.39 is 0 Å². The first-order valence-electron chi connectivity index (χ1n) is 7.35. The molecule has 1 amide bonds. The Balaban J connectivity index is 1.91. The van der Waals surface area contributed by atoms with E-state index in [1.54, 1.807) is 12.1 Å². The lowest BCUT2D eigenvalue weighted by molar-refractivity contribution is -0.123. The van der Waals surface area contributed by atoms with Crippen LogP contribution in [0.3, 0.4) is 0 Å². The molecule has 0 saturated heterocycles. The topological polar surface area (TPSA) is 50.7 Å². The van der Waals surface area contributed by atoms with E-state index in [0.29, 0.717) is 16.5 Å². The maximum absolute atomic E-state index is 11.9. The minimum absolute atomic E-state index is 0.113. The van der Waals surface area contributed by atoms with Crippen LogP contribution in [0.25, 0.3) is 0 Å². The fourth-order valence-electron chi connectivity index (χ4n) is 2.07. The van der Waals surface area contributed by atoms with Crippen molar-refractivity contribution in [2.24, 2.45) is 5.10 Å². The van der Waals surface area contributed by atoms with Gasteiger partial charge in [0, 0.05) is 9.50 Å². The number of benzene rings is 2. The van der Waals surface area contributed by atoms with Crippen LogP contribution in [0.1, 0.15) is 23.6 Å². The molecule has 0 aromatic heterocycles. The fraction of sp³-hybridized carbons (Fsp3) is 0.222. The van der Waals surface area contributed by atoms with Gasteiger partial charge in [-0.25, -0.2) is 5.43 Å². The number of nitrogens with one attached hydrogen (secondary N) is 1. The number of nitrogens with zero attached hydrogens (tertiary/aromatic N) is 1. The molecule has 4 nitrogen and oxygen atoms in total. The largest absolute Gasteiger partial charge is 0.484 e. The molecule has 2 aromatic carbocycles. The van der Waals surface area contributed by atoms with Gasteiger partial charge in [0.05, 0.1) is 5.71 Å². The standard InChI is InChI=1S/C18H18BrClN2O2/c1-11-8-16(9-12(2)18(11)20)24-10-17(23)22-21-13(3)14-4-6-15(19)7-5-14/h4-9H,10H2,1-3H3,(H,22,23). The van der Waals surface area contributed by atoms with Crippen molar-refractivity contribution in [2.75, 3.05) is 6.61 Å². The Bertz CT molecular complexity index is 750. The van der Waals surface area contributed by atoms with Crippen molar-refractivity contribution in [1.82, 2.24) is 5.43 Å². The van der Waals surface area contributed by atoms with Crippen molar-refractivity contribution >= 4 is 39.1 Å². The lowest BCUT2D eigenvalue weighted by Crippen LogP contribution is -2.25. The predicted octanol–water partition coefficient (Wildman–Crippen LogP) is 4.64. The molecule has 0 fully saturated rings. The Morgan fingerprint density at radius 2 is 1.79 bits per heavy atom. The van der Waals surface area contributed by atoms with E-state index in [1.807, 2.05) is 45.0 Å². The maximum Gasteiger partial charge on any atom is 0.277 e. The first-order chi connectivity index (χ1) is 11.4. The zero-order valence-electron chi connectivity index (χ0n) is 13.7. The van der Waals surface area contributed by atoms with Gasteiger partial charge in [-0.15, -0.1) is 0 Å². The van der Waals surface area contributed by atoms with Gasteiger partial charge >= 0.3 is 0 Å². The van der Waals surface area contributed by atoms with Crippen LogP contribution >= 0.6 is 27.5 Å². The summed E-state index contributed by atoms with van der Waals surface area (Å²) in [5.41, 5.74) is 5.97. The normalized spacial score (nSPS) is 11.3. The third kappa shape index (κ3) is 5.08. The maximum atomic E-state index is 11.9. The minimum Gasteiger partial charge on any atom is -0.484 e. The highest BCUT2D eigenvalue weighted by molar-refractivity contribution is 9.10. The third-order valence-electron chi connectivity index (χ3n) is 3.39. The number of aryl methyl sites for hydroxylation is 2. The summed E-state index contributed by atoms with van der Waals surface area (Å²) >= 11 is 9.49. The summed E-state index contributed by atoms with van der Waals surface area (Å²) in [7, 11) is 0. The lowest BCUT2D eigenvalue weighted by atomic mass is 10.1. The molecule has 0 aliphatic carbocycles. The number of hydrogen-bond acceptors (Lipinski definition) is 3. The molecule has 6 heteroatoms. The smallest absolute Gasteiger partial charge is 0.277 e. The second kappa shape index (κ2) is 8.31. The highest BCUT2D eigenvalue weighted by Crippen LogP contribution is 2.25. The summed E-state index contributed by atoms with van der Waals surface area (Å²) < 4.78 is 6.48. The van der Waals surface area contributed by atoms with Crippen LogP contribution < -0.4 is 10.2 Å². The van der Waals surface area contributed by atoms with Crippen LogP contribution in [0, 0.1) is 13.8 Å². The summed E-state index contributed by atoms with van der Waals surface area (Å²) in [5, 5.41) is 4.80. The van der Waals surface area contributed by atoms with Gasteiger partial charge in [0.25, 0.3) is 5.91 Å². The molecule has 0 atom stereocenters. The summed E-state index contributed by atoms with van der Waals surface area (Å²) in [6.45, 7) is 5.51. The number of halogens is 2. The quantitative estimate of drug-likeness (QED) is 0.578. The zero-order chi connectivity index (χ0) is 17.7. The predicted molar refractivity (Wildman–Crippen MR) is 101 cm³/mol. The van der Waals surface area contributed by atoms with E-state index in [4.69, 9.17) is 16.3 Å². The van der Waals surface area contributed by atoms with E-state index in [9.17, 15) is 4.79 Å². The number of ether oxygens (including phenoxy) is 1. The second-order valence-corrected chi connectivity index (χ2v) is 6.69. The molecule has 0 bridgehead atoms. The lowest BCUT2D eigenvalue weighted by Gasteiger charge is -2.09. The van der Waals surface area contributed by atoms with Crippen LogP contribution in [0.5, 0.6) is 5.75 Å². The van der Waals surface area contributed by atoms with Crippen LogP contribution in [-0.4, -0.2) is 18.2 Å². The SMILES string of the molecule is CC(=NNC(=O)COc1cc(C)c(Cl)c(C)c1)c1ccc(Br)cc1. The Kier molecular flexibility index (Phi) is 6.40. The molecule has 0 aliphatic heterocycles. The van der Waals surface area contributed by atoms with Crippen LogP contribution in [0.2, 0.25) is 5.02 Å². The summed E-state index contributed by atoms with van der Waals surface area (Å²) in [6.07, 6.45) is 0. The molecular formula is C18H18BrClN2O2. The van der Waals surface area contributed by atoms with Gasteiger partial charge in [-0.3, -0.25) is 4.79 Å². The molecule has 0 saturated carbocycles. The van der Waals surface area contributed by atoms with Crippen molar-refractivity contribution in [1.29, 1.82) is 0 Å². The first kappa shape index (κ1) is 18.5. The Morgan fingerprint density at radius 1 is 1.21 bits per heavy atom. The number of hydrogen-bond donors (Lipinski definition) is 1. The van der Waals surface area contributed by atoms with E-state index in [1.165, 1.54) is 0 Å². The molecule has 0 unspecified atom stereocenters. The highest BCUT2D eigenvalue weighted by Gasteiger charge is 2.06. The molecule has 0 spiro atoms. The molecule has 0 heterocycles. The Labute approximate surface area is 155 Å². The van der Waals surface area contributed by atoms with E-state index in [2.05, 4.69) is 26.5 Å². The molecule has 1 N–H and O–H groups in total. The third-order valence-corrected chi connectivity index (χ3v) is 4.52. The number of hydrazone groups is 1. The molecule has 24 heavy (non-hydrogen) atoms. The van der Waals surface area contributed by atoms with Gasteiger partial charge in [-0.1, -0.05) is 39.7 Å². The van der Waals surface area contributed by atoms with Crippen molar-refractivity contribution < 1.29 is 9.53 Å².